The summed E-state index contributed by atoms with van der Waals surface area (Å²) in [4.78, 5) is 0. The van der Waals surface area contributed by atoms with Crippen molar-refractivity contribution < 1.29 is 22.0 Å². The van der Waals surface area contributed by atoms with E-state index < -0.39 is 23.4 Å². The fourth-order valence-corrected chi connectivity index (χ4v) is 3.01. The predicted molar refractivity (Wildman–Crippen MR) is 83.1 cm³/mol. The number of alkyl halides is 3. The topological polar surface area (TPSA) is 0 Å². The molecule has 1 aliphatic carbocycles. The van der Waals surface area contributed by atoms with Crippen LogP contribution in [0.4, 0.5) is 22.0 Å². The summed E-state index contributed by atoms with van der Waals surface area (Å²) in [5.74, 6) is 3.07. The number of allylic oxidation sites excluding steroid dienone is 2. The molecule has 0 amide bonds. The van der Waals surface area contributed by atoms with Crippen molar-refractivity contribution in [2.75, 3.05) is 0 Å². The Labute approximate surface area is 138 Å². The highest BCUT2D eigenvalue weighted by molar-refractivity contribution is 5.40. The molecule has 0 radical (unpaired) electrons. The SMILES string of the molecule is CC[C@H]1CC[C@H](/C=C/C#Cc2cc(F)c(C(F)(F)F)c(F)c2)CC1. The standard InChI is InChI=1S/C19H19F5/c1-2-13-7-9-14(10-8-13)5-3-4-6-15-11-16(20)18(17(21)12-15)19(22,23)24/h3,5,11-14H,2,7-10H2,1H3/b5-3+/t13-,14-. The van der Waals surface area contributed by atoms with Crippen molar-refractivity contribution in [2.24, 2.45) is 11.8 Å². The van der Waals surface area contributed by atoms with Crippen molar-refractivity contribution in [1.82, 2.24) is 0 Å². The molecule has 2 rings (SSSR count). The average Bonchev–Trinajstić information content (AvgIpc) is 2.50. The molecule has 0 saturated heterocycles. The van der Waals surface area contributed by atoms with Gasteiger partial charge < -0.3 is 0 Å². The van der Waals surface area contributed by atoms with Crippen LogP contribution in [0.1, 0.15) is 50.2 Å². The number of hydrogen-bond donors (Lipinski definition) is 0. The lowest BCUT2D eigenvalue weighted by Crippen LogP contribution is -2.12. The minimum absolute atomic E-state index is 0.114. The van der Waals surface area contributed by atoms with Crippen LogP contribution >= 0.6 is 0 Å². The summed E-state index contributed by atoms with van der Waals surface area (Å²) in [5.41, 5.74) is -1.99. The van der Waals surface area contributed by atoms with Crippen LogP contribution in [0.25, 0.3) is 0 Å². The molecule has 0 bridgehead atoms. The third-order valence-electron chi connectivity index (χ3n) is 4.46. The Morgan fingerprint density at radius 2 is 1.67 bits per heavy atom. The van der Waals surface area contributed by atoms with Crippen molar-refractivity contribution in [3.8, 4) is 11.8 Å². The summed E-state index contributed by atoms with van der Waals surface area (Å²) in [6.07, 6.45) is 4.29. The van der Waals surface area contributed by atoms with Gasteiger partial charge in [0.2, 0.25) is 0 Å². The summed E-state index contributed by atoms with van der Waals surface area (Å²) in [6, 6.07) is 1.22. The molecular weight excluding hydrogens is 323 g/mol. The van der Waals surface area contributed by atoms with E-state index in [-0.39, 0.29) is 5.56 Å². The molecular formula is C19H19F5. The van der Waals surface area contributed by atoms with Crippen LogP contribution in [0.15, 0.2) is 24.3 Å². The third kappa shape index (κ3) is 4.83. The molecule has 1 fully saturated rings. The zero-order chi connectivity index (χ0) is 17.7. The number of halogens is 5. The Morgan fingerprint density at radius 3 is 2.17 bits per heavy atom. The second-order valence-corrected chi connectivity index (χ2v) is 6.13. The Kier molecular flexibility index (Phi) is 6.04. The Bertz CT molecular complexity index is 630. The lowest BCUT2D eigenvalue weighted by Gasteiger charge is -2.25. The lowest BCUT2D eigenvalue weighted by molar-refractivity contribution is -0.142. The van der Waals surface area contributed by atoms with E-state index in [0.717, 1.165) is 18.8 Å². The molecule has 0 spiro atoms. The third-order valence-corrected chi connectivity index (χ3v) is 4.46. The van der Waals surface area contributed by atoms with Gasteiger partial charge in [-0.2, -0.15) is 13.2 Å². The number of rotatable bonds is 2. The molecule has 1 aromatic rings. The summed E-state index contributed by atoms with van der Waals surface area (Å²) >= 11 is 0. The maximum Gasteiger partial charge on any atom is 0.422 e. The molecule has 5 heteroatoms. The van der Waals surface area contributed by atoms with Gasteiger partial charge in [0.05, 0.1) is 0 Å². The maximum atomic E-state index is 13.4. The molecule has 0 aliphatic heterocycles. The maximum absolute atomic E-state index is 13.4. The van der Waals surface area contributed by atoms with E-state index in [2.05, 4.69) is 18.8 Å². The summed E-state index contributed by atoms with van der Waals surface area (Å²) in [7, 11) is 0. The highest BCUT2D eigenvalue weighted by Gasteiger charge is 2.37. The first-order chi connectivity index (χ1) is 11.3. The molecule has 0 aromatic heterocycles. The van der Waals surface area contributed by atoms with Crippen LogP contribution in [-0.2, 0) is 6.18 Å². The van der Waals surface area contributed by atoms with Crippen LogP contribution in [0, 0.1) is 35.3 Å². The quantitative estimate of drug-likeness (QED) is 0.449. The van der Waals surface area contributed by atoms with Crippen molar-refractivity contribution in [1.29, 1.82) is 0 Å². The minimum Gasteiger partial charge on any atom is -0.206 e. The van der Waals surface area contributed by atoms with Crippen LogP contribution in [-0.4, -0.2) is 0 Å². The second kappa shape index (κ2) is 7.83. The van der Waals surface area contributed by atoms with E-state index in [1.54, 1.807) is 6.08 Å². The molecule has 0 unspecified atom stereocenters. The summed E-state index contributed by atoms with van der Waals surface area (Å²) in [6.45, 7) is 2.19. The number of hydrogen-bond acceptors (Lipinski definition) is 0. The van der Waals surface area contributed by atoms with E-state index in [4.69, 9.17) is 0 Å². The molecule has 0 atom stereocenters. The first-order valence-electron chi connectivity index (χ1n) is 8.05. The van der Waals surface area contributed by atoms with E-state index in [1.165, 1.54) is 19.3 Å². The van der Waals surface area contributed by atoms with Crippen molar-refractivity contribution in [3.05, 3.63) is 47.0 Å². The Hall–Kier alpha value is -1.83. The minimum atomic E-state index is -5.06. The largest absolute Gasteiger partial charge is 0.422 e. The second-order valence-electron chi connectivity index (χ2n) is 6.13. The van der Waals surface area contributed by atoms with Gasteiger partial charge >= 0.3 is 6.18 Å². The van der Waals surface area contributed by atoms with Crippen molar-refractivity contribution in [2.45, 2.75) is 45.2 Å². The summed E-state index contributed by atoms with van der Waals surface area (Å²) in [5, 5.41) is 0. The van der Waals surface area contributed by atoms with Gasteiger partial charge in [0.1, 0.15) is 17.2 Å². The molecule has 1 aliphatic rings. The molecule has 0 nitrogen and oxygen atoms in total. The zero-order valence-corrected chi connectivity index (χ0v) is 13.4. The average molecular weight is 342 g/mol. The van der Waals surface area contributed by atoms with Crippen LogP contribution in [0.3, 0.4) is 0 Å². The Morgan fingerprint density at radius 1 is 1.08 bits per heavy atom. The number of benzene rings is 1. The van der Waals surface area contributed by atoms with E-state index in [1.807, 2.05) is 6.08 Å². The molecule has 24 heavy (non-hydrogen) atoms. The molecule has 130 valence electrons. The van der Waals surface area contributed by atoms with E-state index in [9.17, 15) is 22.0 Å². The van der Waals surface area contributed by atoms with Gasteiger partial charge in [0.25, 0.3) is 0 Å². The molecule has 1 saturated carbocycles. The van der Waals surface area contributed by atoms with Gasteiger partial charge in [-0.25, -0.2) is 8.78 Å². The zero-order valence-electron chi connectivity index (χ0n) is 13.4. The van der Waals surface area contributed by atoms with Gasteiger partial charge in [0.15, 0.2) is 0 Å². The van der Waals surface area contributed by atoms with E-state index >= 15 is 0 Å². The molecule has 1 aromatic carbocycles. The fourth-order valence-electron chi connectivity index (χ4n) is 3.01. The highest BCUT2D eigenvalue weighted by atomic mass is 19.4. The van der Waals surface area contributed by atoms with Gasteiger partial charge in [0, 0.05) is 5.56 Å². The summed E-state index contributed by atoms with van der Waals surface area (Å²) < 4.78 is 64.3. The monoisotopic (exact) mass is 342 g/mol. The van der Waals surface area contributed by atoms with Gasteiger partial charge in [-0.05, 0) is 55.7 Å². The molecule has 0 N–H and O–H groups in total. The first kappa shape index (κ1) is 18.5. The Balaban J connectivity index is 2.03. The van der Waals surface area contributed by atoms with Crippen molar-refractivity contribution in [3.63, 3.8) is 0 Å². The fraction of sp³-hybridized carbons (Fsp3) is 0.474. The van der Waals surface area contributed by atoms with Crippen molar-refractivity contribution >= 4 is 0 Å². The first-order valence-corrected chi connectivity index (χ1v) is 8.05. The van der Waals surface area contributed by atoms with Gasteiger partial charge in [-0.1, -0.05) is 31.3 Å². The van der Waals surface area contributed by atoms with Crippen LogP contribution in [0.5, 0.6) is 0 Å². The lowest BCUT2D eigenvalue weighted by atomic mass is 9.81. The van der Waals surface area contributed by atoms with E-state index in [0.29, 0.717) is 18.1 Å². The highest BCUT2D eigenvalue weighted by Crippen LogP contribution is 2.34. The van der Waals surface area contributed by atoms with Crippen LogP contribution in [0.2, 0.25) is 0 Å². The van der Waals surface area contributed by atoms with Gasteiger partial charge in [-0.15, -0.1) is 0 Å². The van der Waals surface area contributed by atoms with Gasteiger partial charge in [-0.3, -0.25) is 0 Å². The normalized spacial score (nSPS) is 21.6. The molecule has 0 heterocycles. The predicted octanol–water partition coefficient (Wildman–Crippen LogP) is 6.11. The smallest absolute Gasteiger partial charge is 0.206 e. The van der Waals surface area contributed by atoms with Crippen LogP contribution < -0.4 is 0 Å².